The van der Waals surface area contributed by atoms with Crippen LogP contribution in [0.4, 0.5) is 17.5 Å². The van der Waals surface area contributed by atoms with Crippen LogP contribution >= 0.6 is 0 Å². The highest BCUT2D eigenvalue weighted by molar-refractivity contribution is 5.70. The van der Waals surface area contributed by atoms with Gasteiger partial charge in [0.05, 0.1) is 6.67 Å². The van der Waals surface area contributed by atoms with Crippen molar-refractivity contribution in [1.82, 2.24) is 9.97 Å². The lowest BCUT2D eigenvalue weighted by Crippen LogP contribution is -2.25. The monoisotopic (exact) mass is 207 g/mol. The molecule has 2 aliphatic rings. The molecule has 0 spiro atoms. The molecular formula is C9H13N5O. The zero-order valence-corrected chi connectivity index (χ0v) is 8.29. The number of fused-ring (bicyclic) bond motifs is 1. The predicted molar refractivity (Wildman–Crippen MR) is 57.8 cm³/mol. The maximum Gasteiger partial charge on any atom is 0.277 e. The first-order valence-corrected chi connectivity index (χ1v) is 5.12. The van der Waals surface area contributed by atoms with Gasteiger partial charge < -0.3 is 16.0 Å². The summed E-state index contributed by atoms with van der Waals surface area (Å²) in [6, 6.07) is 0. The second-order valence-electron chi connectivity index (χ2n) is 4.15. The van der Waals surface area contributed by atoms with E-state index in [2.05, 4.69) is 20.2 Å². The second-order valence-corrected chi connectivity index (χ2v) is 4.15. The molecule has 1 fully saturated rings. The largest absolute Gasteiger partial charge is 0.369 e. The molecule has 1 aromatic rings. The van der Waals surface area contributed by atoms with Crippen LogP contribution in [0, 0.1) is 5.92 Å². The molecule has 0 atom stereocenters. The molecule has 6 nitrogen and oxygen atoms in total. The first kappa shape index (κ1) is 8.58. The topological polar surface area (TPSA) is 87.0 Å². The minimum absolute atomic E-state index is 0.184. The number of rotatable bonds is 2. The molecule has 0 radical (unpaired) electrons. The van der Waals surface area contributed by atoms with Gasteiger partial charge in [-0.1, -0.05) is 0 Å². The summed E-state index contributed by atoms with van der Waals surface area (Å²) in [5, 5.41) is 3.04. The van der Waals surface area contributed by atoms with Crippen LogP contribution in [0.15, 0.2) is 4.79 Å². The van der Waals surface area contributed by atoms with Crippen LogP contribution in [0.25, 0.3) is 0 Å². The van der Waals surface area contributed by atoms with E-state index in [9.17, 15) is 4.79 Å². The van der Waals surface area contributed by atoms with E-state index < -0.39 is 0 Å². The SMILES string of the molecule is Nc1nc2c(c(=O)[nH]1)NCN2CC1CC1. The zero-order valence-electron chi connectivity index (χ0n) is 8.29. The second kappa shape index (κ2) is 2.88. The van der Waals surface area contributed by atoms with E-state index in [0.29, 0.717) is 18.2 Å². The van der Waals surface area contributed by atoms with E-state index in [4.69, 9.17) is 5.73 Å². The smallest absolute Gasteiger partial charge is 0.277 e. The van der Waals surface area contributed by atoms with Crippen LogP contribution < -0.4 is 21.5 Å². The first-order valence-electron chi connectivity index (χ1n) is 5.12. The van der Waals surface area contributed by atoms with Gasteiger partial charge in [-0.15, -0.1) is 0 Å². The Morgan fingerprint density at radius 2 is 2.33 bits per heavy atom. The van der Waals surface area contributed by atoms with Crippen molar-refractivity contribution in [1.29, 1.82) is 0 Å². The summed E-state index contributed by atoms with van der Waals surface area (Å²) in [4.78, 5) is 20.2. The molecule has 0 amide bonds. The Balaban J connectivity index is 1.97. The van der Waals surface area contributed by atoms with Crippen molar-refractivity contribution in [2.24, 2.45) is 5.92 Å². The zero-order chi connectivity index (χ0) is 10.4. The maximum atomic E-state index is 11.5. The minimum atomic E-state index is -0.184. The van der Waals surface area contributed by atoms with E-state index in [1.165, 1.54) is 12.8 Å². The number of nitrogens with two attached hydrogens (primary N) is 1. The van der Waals surface area contributed by atoms with Crippen molar-refractivity contribution in [3.05, 3.63) is 10.4 Å². The highest BCUT2D eigenvalue weighted by Crippen LogP contribution is 2.34. The van der Waals surface area contributed by atoms with Crippen LogP contribution in [0.2, 0.25) is 0 Å². The first-order chi connectivity index (χ1) is 7.24. The van der Waals surface area contributed by atoms with Gasteiger partial charge in [0.25, 0.3) is 5.56 Å². The molecule has 15 heavy (non-hydrogen) atoms. The standard InChI is InChI=1S/C9H13N5O/c10-9-12-7-6(8(15)13-9)11-4-14(7)3-5-1-2-5/h5,11H,1-4H2,(H3,10,12,13,15). The third-order valence-corrected chi connectivity index (χ3v) is 2.84. The van der Waals surface area contributed by atoms with Gasteiger partial charge in [0.2, 0.25) is 5.95 Å². The predicted octanol–water partition coefficient (Wildman–Crippen LogP) is -0.0485. The van der Waals surface area contributed by atoms with Gasteiger partial charge in [0.1, 0.15) is 5.69 Å². The summed E-state index contributed by atoms with van der Waals surface area (Å²) in [5.74, 6) is 1.64. The normalized spacial score (nSPS) is 18.8. The fraction of sp³-hybridized carbons (Fsp3) is 0.556. The number of anilines is 3. The minimum Gasteiger partial charge on any atom is -0.369 e. The fourth-order valence-electron chi connectivity index (χ4n) is 1.88. The number of nitrogens with one attached hydrogen (secondary N) is 2. The number of aromatic amines is 1. The molecule has 80 valence electrons. The molecule has 1 aliphatic carbocycles. The van der Waals surface area contributed by atoms with Gasteiger partial charge in [-0.25, -0.2) is 0 Å². The highest BCUT2D eigenvalue weighted by Gasteiger charge is 2.30. The Morgan fingerprint density at radius 3 is 3.07 bits per heavy atom. The van der Waals surface area contributed by atoms with E-state index in [1.807, 2.05) is 0 Å². The maximum absolute atomic E-state index is 11.5. The molecule has 1 saturated carbocycles. The van der Waals surface area contributed by atoms with Crippen LogP contribution in [0.1, 0.15) is 12.8 Å². The van der Waals surface area contributed by atoms with Crippen molar-refractivity contribution in [2.75, 3.05) is 29.2 Å². The Labute approximate surface area is 86.5 Å². The van der Waals surface area contributed by atoms with Crippen LogP contribution in [0.5, 0.6) is 0 Å². The van der Waals surface area contributed by atoms with E-state index in [0.717, 1.165) is 12.5 Å². The van der Waals surface area contributed by atoms with Crippen molar-refractivity contribution in [3.8, 4) is 0 Å². The molecule has 1 aliphatic heterocycles. The Kier molecular flexibility index (Phi) is 1.65. The lowest BCUT2D eigenvalue weighted by molar-refractivity contribution is 0.755. The van der Waals surface area contributed by atoms with Gasteiger partial charge in [-0.05, 0) is 18.8 Å². The molecule has 2 heterocycles. The van der Waals surface area contributed by atoms with E-state index >= 15 is 0 Å². The molecule has 0 unspecified atom stereocenters. The van der Waals surface area contributed by atoms with Gasteiger partial charge in [-0.3, -0.25) is 9.78 Å². The molecule has 6 heteroatoms. The number of hydrogen-bond acceptors (Lipinski definition) is 5. The Hall–Kier alpha value is -1.72. The van der Waals surface area contributed by atoms with Crippen LogP contribution in [-0.4, -0.2) is 23.2 Å². The molecule has 3 rings (SSSR count). The third kappa shape index (κ3) is 1.42. The lowest BCUT2D eigenvalue weighted by atomic mass is 10.4. The van der Waals surface area contributed by atoms with Gasteiger partial charge in [0.15, 0.2) is 5.82 Å². The molecule has 0 aromatic carbocycles. The summed E-state index contributed by atoms with van der Waals surface area (Å²) in [7, 11) is 0. The number of aromatic nitrogens is 2. The number of H-pyrrole nitrogens is 1. The van der Waals surface area contributed by atoms with Crippen molar-refractivity contribution < 1.29 is 0 Å². The average Bonchev–Trinajstić information content (AvgIpc) is 2.89. The van der Waals surface area contributed by atoms with Crippen molar-refractivity contribution in [3.63, 3.8) is 0 Å². The molecule has 4 N–H and O–H groups in total. The fourth-order valence-corrected chi connectivity index (χ4v) is 1.88. The van der Waals surface area contributed by atoms with E-state index in [1.54, 1.807) is 0 Å². The number of nitrogen functional groups attached to an aromatic ring is 1. The Morgan fingerprint density at radius 1 is 1.53 bits per heavy atom. The molecule has 1 aromatic heterocycles. The van der Waals surface area contributed by atoms with Crippen molar-refractivity contribution >= 4 is 17.5 Å². The summed E-state index contributed by atoms with van der Waals surface area (Å²) in [6.07, 6.45) is 2.56. The Bertz CT molecular complexity index is 450. The van der Waals surface area contributed by atoms with Gasteiger partial charge >= 0.3 is 0 Å². The summed E-state index contributed by atoms with van der Waals surface area (Å²) < 4.78 is 0. The summed E-state index contributed by atoms with van der Waals surface area (Å²) in [6.45, 7) is 1.63. The lowest BCUT2D eigenvalue weighted by Gasteiger charge is -2.15. The van der Waals surface area contributed by atoms with Crippen molar-refractivity contribution in [2.45, 2.75) is 12.8 Å². The van der Waals surface area contributed by atoms with Crippen LogP contribution in [-0.2, 0) is 0 Å². The highest BCUT2D eigenvalue weighted by atomic mass is 16.1. The summed E-state index contributed by atoms with van der Waals surface area (Å²) in [5.41, 5.74) is 5.88. The molecule has 0 bridgehead atoms. The van der Waals surface area contributed by atoms with E-state index in [-0.39, 0.29) is 11.5 Å². The molecular weight excluding hydrogens is 194 g/mol. The van der Waals surface area contributed by atoms with Crippen LogP contribution in [0.3, 0.4) is 0 Å². The van der Waals surface area contributed by atoms with Gasteiger partial charge in [-0.2, -0.15) is 4.98 Å². The van der Waals surface area contributed by atoms with Gasteiger partial charge in [0, 0.05) is 6.54 Å². The number of nitrogens with zero attached hydrogens (tertiary/aromatic N) is 2. The third-order valence-electron chi connectivity index (χ3n) is 2.84. The number of hydrogen-bond donors (Lipinski definition) is 3. The quantitative estimate of drug-likeness (QED) is 0.633. The molecule has 0 saturated heterocycles. The summed E-state index contributed by atoms with van der Waals surface area (Å²) >= 11 is 0. The average molecular weight is 207 g/mol.